The summed E-state index contributed by atoms with van der Waals surface area (Å²) in [6.07, 6.45) is 1.58. The predicted molar refractivity (Wildman–Crippen MR) is 71.7 cm³/mol. The molecule has 0 spiro atoms. The Morgan fingerprint density at radius 2 is 1.74 bits per heavy atom. The molecule has 2 aromatic carbocycles. The van der Waals surface area contributed by atoms with Gasteiger partial charge in [0, 0.05) is 11.3 Å². The SMILES string of the molecule is Nc1ccc(-c2cnc(-c3ccccc3F)o2)cc1. The zero-order valence-corrected chi connectivity index (χ0v) is 10.0. The average Bonchev–Trinajstić information content (AvgIpc) is 2.89. The van der Waals surface area contributed by atoms with Gasteiger partial charge in [0.15, 0.2) is 5.76 Å². The van der Waals surface area contributed by atoms with Crippen molar-refractivity contribution in [1.29, 1.82) is 0 Å². The van der Waals surface area contributed by atoms with Crippen LogP contribution in [0.25, 0.3) is 22.8 Å². The lowest BCUT2D eigenvalue weighted by molar-refractivity contribution is 0.573. The van der Waals surface area contributed by atoms with Gasteiger partial charge in [-0.3, -0.25) is 0 Å². The second-order valence-corrected chi connectivity index (χ2v) is 4.13. The number of nitrogens with zero attached hydrogens (tertiary/aromatic N) is 1. The molecule has 0 aliphatic heterocycles. The highest BCUT2D eigenvalue weighted by atomic mass is 19.1. The van der Waals surface area contributed by atoms with Gasteiger partial charge in [-0.2, -0.15) is 0 Å². The van der Waals surface area contributed by atoms with Gasteiger partial charge in [0.2, 0.25) is 5.89 Å². The number of halogens is 1. The second-order valence-electron chi connectivity index (χ2n) is 4.13. The van der Waals surface area contributed by atoms with Crippen LogP contribution in [0.5, 0.6) is 0 Å². The van der Waals surface area contributed by atoms with E-state index in [1.54, 1.807) is 36.5 Å². The lowest BCUT2D eigenvalue weighted by Gasteiger charge is -1.98. The van der Waals surface area contributed by atoms with Crippen LogP contribution in [-0.4, -0.2) is 4.98 Å². The number of rotatable bonds is 2. The van der Waals surface area contributed by atoms with Crippen molar-refractivity contribution in [3.63, 3.8) is 0 Å². The van der Waals surface area contributed by atoms with E-state index in [0.29, 0.717) is 17.0 Å². The van der Waals surface area contributed by atoms with E-state index in [1.807, 2.05) is 12.1 Å². The Morgan fingerprint density at radius 3 is 2.47 bits per heavy atom. The molecule has 0 saturated heterocycles. The van der Waals surface area contributed by atoms with Crippen molar-refractivity contribution in [2.45, 2.75) is 0 Å². The second kappa shape index (κ2) is 4.57. The third kappa shape index (κ3) is 2.20. The molecule has 0 amide bonds. The van der Waals surface area contributed by atoms with Crippen LogP contribution < -0.4 is 5.73 Å². The lowest BCUT2D eigenvalue weighted by Crippen LogP contribution is -1.83. The molecule has 1 heterocycles. The largest absolute Gasteiger partial charge is 0.436 e. The highest BCUT2D eigenvalue weighted by molar-refractivity contribution is 5.63. The molecule has 0 aliphatic rings. The zero-order valence-electron chi connectivity index (χ0n) is 10.0. The molecule has 0 radical (unpaired) electrons. The number of hydrogen-bond acceptors (Lipinski definition) is 3. The topological polar surface area (TPSA) is 52.0 Å². The molecule has 19 heavy (non-hydrogen) atoms. The molecule has 94 valence electrons. The lowest BCUT2D eigenvalue weighted by atomic mass is 10.2. The first kappa shape index (κ1) is 11.5. The van der Waals surface area contributed by atoms with Gasteiger partial charge < -0.3 is 10.2 Å². The Balaban J connectivity index is 2.00. The first-order valence-electron chi connectivity index (χ1n) is 5.81. The summed E-state index contributed by atoms with van der Waals surface area (Å²) in [7, 11) is 0. The van der Waals surface area contributed by atoms with Crippen LogP contribution >= 0.6 is 0 Å². The molecule has 2 N–H and O–H groups in total. The highest BCUT2D eigenvalue weighted by Crippen LogP contribution is 2.27. The molecular weight excluding hydrogens is 243 g/mol. The van der Waals surface area contributed by atoms with E-state index < -0.39 is 0 Å². The average molecular weight is 254 g/mol. The Morgan fingerprint density at radius 1 is 1.00 bits per heavy atom. The Hall–Kier alpha value is -2.62. The van der Waals surface area contributed by atoms with E-state index in [1.165, 1.54) is 6.07 Å². The van der Waals surface area contributed by atoms with Gasteiger partial charge in [0.05, 0.1) is 11.8 Å². The molecule has 0 fully saturated rings. The molecule has 3 rings (SSSR count). The maximum absolute atomic E-state index is 13.6. The number of benzene rings is 2. The van der Waals surface area contributed by atoms with E-state index in [0.717, 1.165) is 5.56 Å². The van der Waals surface area contributed by atoms with Crippen molar-refractivity contribution >= 4 is 5.69 Å². The molecule has 0 aliphatic carbocycles. The summed E-state index contributed by atoms with van der Waals surface area (Å²) in [4.78, 5) is 4.11. The Bertz CT molecular complexity index is 704. The van der Waals surface area contributed by atoms with E-state index in [4.69, 9.17) is 10.2 Å². The maximum atomic E-state index is 13.6. The summed E-state index contributed by atoms with van der Waals surface area (Å²) in [5, 5.41) is 0. The molecule has 1 aromatic heterocycles. The minimum Gasteiger partial charge on any atom is -0.436 e. The van der Waals surface area contributed by atoms with Gasteiger partial charge in [-0.05, 0) is 36.4 Å². The standard InChI is InChI=1S/C15H11FN2O/c16-13-4-2-1-3-12(13)15-18-9-14(19-15)10-5-7-11(17)8-6-10/h1-9H,17H2. The first-order chi connectivity index (χ1) is 9.24. The van der Waals surface area contributed by atoms with Crippen molar-refractivity contribution in [2.75, 3.05) is 5.73 Å². The Kier molecular flexibility index (Phi) is 2.76. The van der Waals surface area contributed by atoms with E-state index in [9.17, 15) is 4.39 Å². The molecule has 0 bridgehead atoms. The van der Waals surface area contributed by atoms with E-state index in [2.05, 4.69) is 4.98 Å². The molecule has 0 atom stereocenters. The highest BCUT2D eigenvalue weighted by Gasteiger charge is 2.11. The summed E-state index contributed by atoms with van der Waals surface area (Å²) in [5.74, 6) is 0.497. The van der Waals surface area contributed by atoms with Crippen molar-refractivity contribution in [1.82, 2.24) is 4.98 Å². The molecule has 0 unspecified atom stereocenters. The predicted octanol–water partition coefficient (Wildman–Crippen LogP) is 3.73. The van der Waals surface area contributed by atoms with Crippen LogP contribution in [0.15, 0.2) is 59.1 Å². The number of oxazole rings is 1. The number of nitrogen functional groups attached to an aromatic ring is 1. The quantitative estimate of drug-likeness (QED) is 0.709. The van der Waals surface area contributed by atoms with Crippen molar-refractivity contribution in [2.24, 2.45) is 0 Å². The number of nitrogens with two attached hydrogens (primary N) is 1. The zero-order chi connectivity index (χ0) is 13.2. The van der Waals surface area contributed by atoms with Gasteiger partial charge in [0.25, 0.3) is 0 Å². The summed E-state index contributed by atoms with van der Waals surface area (Å²) >= 11 is 0. The number of aromatic nitrogens is 1. The smallest absolute Gasteiger partial charge is 0.229 e. The summed E-state index contributed by atoms with van der Waals surface area (Å²) < 4.78 is 19.2. The summed E-state index contributed by atoms with van der Waals surface area (Å²) in [5.41, 5.74) is 7.51. The summed E-state index contributed by atoms with van der Waals surface area (Å²) in [6, 6.07) is 13.6. The van der Waals surface area contributed by atoms with Crippen molar-refractivity contribution < 1.29 is 8.81 Å². The van der Waals surface area contributed by atoms with Crippen LogP contribution in [0.2, 0.25) is 0 Å². The summed E-state index contributed by atoms with van der Waals surface area (Å²) in [6.45, 7) is 0. The van der Waals surface area contributed by atoms with Gasteiger partial charge in [-0.15, -0.1) is 0 Å². The van der Waals surface area contributed by atoms with Crippen LogP contribution in [-0.2, 0) is 0 Å². The van der Waals surface area contributed by atoms with E-state index in [-0.39, 0.29) is 11.7 Å². The normalized spacial score (nSPS) is 10.6. The molecule has 0 saturated carbocycles. The minimum atomic E-state index is -0.354. The fraction of sp³-hybridized carbons (Fsp3) is 0. The molecule has 3 aromatic rings. The fourth-order valence-electron chi connectivity index (χ4n) is 1.81. The third-order valence-corrected chi connectivity index (χ3v) is 2.81. The fourth-order valence-corrected chi connectivity index (χ4v) is 1.81. The van der Waals surface area contributed by atoms with Crippen LogP contribution in [0.3, 0.4) is 0 Å². The van der Waals surface area contributed by atoms with Crippen LogP contribution in [0.4, 0.5) is 10.1 Å². The van der Waals surface area contributed by atoms with Crippen molar-refractivity contribution in [3.8, 4) is 22.8 Å². The van der Waals surface area contributed by atoms with Crippen molar-refractivity contribution in [3.05, 3.63) is 60.5 Å². The van der Waals surface area contributed by atoms with Crippen LogP contribution in [0.1, 0.15) is 0 Å². The maximum Gasteiger partial charge on any atom is 0.229 e. The van der Waals surface area contributed by atoms with Gasteiger partial charge in [-0.1, -0.05) is 12.1 Å². The monoisotopic (exact) mass is 254 g/mol. The van der Waals surface area contributed by atoms with Gasteiger partial charge in [0.1, 0.15) is 5.82 Å². The van der Waals surface area contributed by atoms with Gasteiger partial charge in [-0.25, -0.2) is 9.37 Å². The molecule has 3 nitrogen and oxygen atoms in total. The number of anilines is 1. The number of hydrogen-bond donors (Lipinski definition) is 1. The third-order valence-electron chi connectivity index (χ3n) is 2.81. The molecular formula is C15H11FN2O. The van der Waals surface area contributed by atoms with Crippen LogP contribution in [0, 0.1) is 5.82 Å². The minimum absolute atomic E-state index is 0.268. The Labute approximate surface area is 109 Å². The van der Waals surface area contributed by atoms with E-state index >= 15 is 0 Å². The molecule has 4 heteroatoms. The first-order valence-corrected chi connectivity index (χ1v) is 5.81. The van der Waals surface area contributed by atoms with Gasteiger partial charge >= 0.3 is 0 Å².